The van der Waals surface area contributed by atoms with E-state index in [1.165, 1.54) is 12.5 Å². The second-order valence-electron chi connectivity index (χ2n) is 3.11. The van der Waals surface area contributed by atoms with Gasteiger partial charge in [0.05, 0.1) is 10.9 Å². The van der Waals surface area contributed by atoms with Crippen molar-refractivity contribution in [3.8, 4) is 0 Å². The van der Waals surface area contributed by atoms with Crippen LogP contribution in [0.3, 0.4) is 0 Å². The van der Waals surface area contributed by atoms with E-state index in [9.17, 15) is 9.59 Å². The highest BCUT2D eigenvalue weighted by Gasteiger charge is 2.11. The molecule has 1 aromatic carbocycles. The zero-order chi connectivity index (χ0) is 10.4. The summed E-state index contributed by atoms with van der Waals surface area (Å²) >= 11 is 0. The molecule has 0 aliphatic heterocycles. The Balaban J connectivity index is 2.76. The van der Waals surface area contributed by atoms with E-state index in [2.05, 4.69) is 4.98 Å². The fourth-order valence-electron chi connectivity index (χ4n) is 1.59. The van der Waals surface area contributed by atoms with Crippen molar-refractivity contribution < 1.29 is 8.83 Å². The van der Waals surface area contributed by atoms with Gasteiger partial charge in [-0.2, -0.15) is 0 Å². The maximum atomic E-state index is 11.5. The number of nitrogens with one attached hydrogen (secondary N) is 1. The highest BCUT2D eigenvalue weighted by Crippen LogP contribution is 2.20. The molecule has 0 spiro atoms. The van der Waals surface area contributed by atoms with E-state index in [0.29, 0.717) is 16.7 Å². The summed E-state index contributed by atoms with van der Waals surface area (Å²) in [6.07, 6.45) is 2.68. The van der Waals surface area contributed by atoms with Crippen molar-refractivity contribution in [2.45, 2.75) is 0 Å². The maximum Gasteiger partial charge on any atom is 0.297 e. The molecule has 0 aliphatic carbocycles. The summed E-state index contributed by atoms with van der Waals surface area (Å²) < 4.78 is 10.3. The number of H-pyrrole nitrogens is 1. The van der Waals surface area contributed by atoms with E-state index in [1.54, 1.807) is 12.1 Å². The fourth-order valence-corrected chi connectivity index (χ4v) is 1.59. The number of benzene rings is 1. The van der Waals surface area contributed by atoms with Gasteiger partial charge in [0, 0.05) is 0 Å². The minimum absolute atomic E-state index is 0.238. The normalized spacial score (nSPS) is 11.2. The monoisotopic (exact) mass is 203 g/mol. The number of hydrogen-bond acceptors (Lipinski definition) is 4. The number of rotatable bonds is 0. The molecule has 0 unspecified atom stereocenters. The van der Waals surface area contributed by atoms with Gasteiger partial charge in [-0.25, -0.2) is 0 Å². The SMILES string of the molecule is O=c1[nH]c2ccc3occoc3c2c1=O. The molecule has 0 atom stereocenters. The van der Waals surface area contributed by atoms with Crippen molar-refractivity contribution in [1.82, 2.24) is 4.98 Å². The zero-order valence-corrected chi connectivity index (χ0v) is 7.44. The van der Waals surface area contributed by atoms with Gasteiger partial charge in [-0.15, -0.1) is 0 Å². The highest BCUT2D eigenvalue weighted by atomic mass is 16.4. The van der Waals surface area contributed by atoms with Gasteiger partial charge in [0.2, 0.25) is 0 Å². The Morgan fingerprint density at radius 2 is 1.87 bits per heavy atom. The van der Waals surface area contributed by atoms with E-state index in [0.717, 1.165) is 0 Å². The maximum absolute atomic E-state index is 11.5. The molecule has 0 saturated carbocycles. The molecule has 2 aromatic heterocycles. The topological polar surface area (TPSA) is 76.2 Å². The van der Waals surface area contributed by atoms with Crippen LogP contribution < -0.4 is 11.0 Å². The number of aromatic nitrogens is 1. The van der Waals surface area contributed by atoms with Gasteiger partial charge >= 0.3 is 0 Å². The number of aromatic amines is 1. The Hall–Kier alpha value is -2.30. The molecule has 15 heavy (non-hydrogen) atoms. The van der Waals surface area contributed by atoms with Crippen molar-refractivity contribution in [2.75, 3.05) is 0 Å². The standard InChI is InChI=1S/C10H5NO4/c12-8-7-5(11-10(8)13)1-2-6-9(7)15-4-3-14-6/h1-4H,(H,11,12,13). The lowest BCUT2D eigenvalue weighted by Crippen LogP contribution is -2.18. The summed E-state index contributed by atoms with van der Waals surface area (Å²) in [5, 5.41) is 0.238. The van der Waals surface area contributed by atoms with Crippen molar-refractivity contribution in [1.29, 1.82) is 0 Å². The first-order valence-electron chi connectivity index (χ1n) is 4.28. The molecule has 0 bridgehead atoms. The zero-order valence-electron chi connectivity index (χ0n) is 7.44. The van der Waals surface area contributed by atoms with Gasteiger partial charge in [0.1, 0.15) is 12.5 Å². The molecule has 5 nitrogen and oxygen atoms in total. The lowest BCUT2D eigenvalue weighted by molar-refractivity contribution is 0.511. The molecule has 0 fully saturated rings. The summed E-state index contributed by atoms with van der Waals surface area (Å²) in [6, 6.07) is 3.25. The van der Waals surface area contributed by atoms with Gasteiger partial charge in [0.25, 0.3) is 11.0 Å². The summed E-state index contributed by atoms with van der Waals surface area (Å²) in [6.45, 7) is 0. The van der Waals surface area contributed by atoms with Crippen molar-refractivity contribution in [3.05, 3.63) is 45.2 Å². The van der Waals surface area contributed by atoms with Crippen LogP contribution in [0.25, 0.3) is 22.1 Å². The van der Waals surface area contributed by atoms with Crippen LogP contribution in [0.4, 0.5) is 0 Å². The minimum Gasteiger partial charge on any atom is -0.458 e. The largest absolute Gasteiger partial charge is 0.458 e. The van der Waals surface area contributed by atoms with Crippen LogP contribution in [0.2, 0.25) is 0 Å². The van der Waals surface area contributed by atoms with Crippen LogP contribution in [0, 0.1) is 0 Å². The number of fused-ring (bicyclic) bond motifs is 3. The molecular formula is C10H5NO4. The molecule has 74 valence electrons. The van der Waals surface area contributed by atoms with E-state index in [1.807, 2.05) is 0 Å². The average molecular weight is 203 g/mol. The van der Waals surface area contributed by atoms with Crippen LogP contribution in [-0.4, -0.2) is 4.98 Å². The molecule has 0 aliphatic rings. The predicted octanol–water partition coefficient (Wildman–Crippen LogP) is 1.23. The van der Waals surface area contributed by atoms with Crippen LogP contribution in [-0.2, 0) is 0 Å². The molecule has 0 saturated heterocycles. The molecule has 3 aromatic rings. The predicted molar refractivity (Wildman–Crippen MR) is 52.9 cm³/mol. The molecule has 0 amide bonds. The summed E-state index contributed by atoms with van der Waals surface area (Å²) in [4.78, 5) is 25.1. The lowest BCUT2D eigenvalue weighted by atomic mass is 10.2. The Kier molecular flexibility index (Phi) is 1.39. The Labute approximate surface area is 81.9 Å². The van der Waals surface area contributed by atoms with Crippen LogP contribution in [0.1, 0.15) is 0 Å². The van der Waals surface area contributed by atoms with Gasteiger partial charge in [0.15, 0.2) is 11.2 Å². The third-order valence-corrected chi connectivity index (χ3v) is 2.24. The second-order valence-corrected chi connectivity index (χ2v) is 3.11. The Bertz CT molecular complexity index is 762. The first kappa shape index (κ1) is 8.05. The van der Waals surface area contributed by atoms with Crippen molar-refractivity contribution in [2.24, 2.45) is 0 Å². The van der Waals surface area contributed by atoms with E-state index in [4.69, 9.17) is 8.83 Å². The molecule has 1 N–H and O–H groups in total. The van der Waals surface area contributed by atoms with Crippen LogP contribution in [0.5, 0.6) is 0 Å². The lowest BCUT2D eigenvalue weighted by Gasteiger charge is -1.95. The molecular weight excluding hydrogens is 198 g/mol. The quantitative estimate of drug-likeness (QED) is 0.557. The van der Waals surface area contributed by atoms with Gasteiger partial charge < -0.3 is 13.8 Å². The molecule has 0 radical (unpaired) electrons. The first-order valence-corrected chi connectivity index (χ1v) is 4.28. The van der Waals surface area contributed by atoms with Gasteiger partial charge in [-0.1, -0.05) is 0 Å². The first-order chi connectivity index (χ1) is 7.27. The van der Waals surface area contributed by atoms with E-state index < -0.39 is 11.0 Å². The third-order valence-electron chi connectivity index (χ3n) is 2.24. The molecule has 2 heterocycles. The van der Waals surface area contributed by atoms with E-state index in [-0.39, 0.29) is 5.39 Å². The van der Waals surface area contributed by atoms with Crippen LogP contribution >= 0.6 is 0 Å². The Morgan fingerprint density at radius 3 is 2.73 bits per heavy atom. The minimum atomic E-state index is -0.642. The Morgan fingerprint density at radius 1 is 1.07 bits per heavy atom. The molecule has 5 heteroatoms. The summed E-state index contributed by atoms with van der Waals surface area (Å²) in [7, 11) is 0. The van der Waals surface area contributed by atoms with Gasteiger partial charge in [-0.05, 0) is 12.1 Å². The van der Waals surface area contributed by atoms with Gasteiger partial charge in [-0.3, -0.25) is 9.59 Å². The second kappa shape index (κ2) is 2.60. The fraction of sp³-hybridized carbons (Fsp3) is 0. The summed E-state index contributed by atoms with van der Waals surface area (Å²) in [5.74, 6) is 0. The third kappa shape index (κ3) is 0.969. The smallest absolute Gasteiger partial charge is 0.297 e. The van der Waals surface area contributed by atoms with E-state index >= 15 is 0 Å². The van der Waals surface area contributed by atoms with Crippen LogP contribution in [0.15, 0.2) is 43.1 Å². The van der Waals surface area contributed by atoms with Crippen molar-refractivity contribution in [3.63, 3.8) is 0 Å². The molecule has 3 rings (SSSR count). The average Bonchev–Trinajstić information content (AvgIpc) is 2.55. The number of hydrogen-bond donors (Lipinski definition) is 1. The summed E-state index contributed by atoms with van der Waals surface area (Å²) in [5.41, 5.74) is -0.0561. The van der Waals surface area contributed by atoms with Crippen molar-refractivity contribution >= 4 is 22.1 Å². The highest BCUT2D eigenvalue weighted by molar-refractivity contribution is 6.00.